The van der Waals surface area contributed by atoms with Gasteiger partial charge in [0.05, 0.1) is 10.9 Å². The number of likely N-dealkylation sites (tertiary alicyclic amines) is 1. The molecule has 1 atom stereocenters. The van der Waals surface area contributed by atoms with Gasteiger partial charge in [0, 0.05) is 31.2 Å². The monoisotopic (exact) mass is 415 g/mol. The Morgan fingerprint density at radius 2 is 1.65 bits per heavy atom. The summed E-state index contributed by atoms with van der Waals surface area (Å²) in [6.45, 7) is 5.50. The number of carbonyl (C=O) groups is 1. The lowest BCUT2D eigenvalue weighted by atomic mass is 9.94. The van der Waals surface area contributed by atoms with E-state index in [1.54, 1.807) is 0 Å². The molecule has 2 aliphatic rings. The summed E-state index contributed by atoms with van der Waals surface area (Å²) >= 11 is 0. The number of aromatic nitrogens is 1. The van der Waals surface area contributed by atoms with Crippen molar-refractivity contribution in [1.29, 1.82) is 0 Å². The second kappa shape index (κ2) is 9.61. The van der Waals surface area contributed by atoms with Gasteiger partial charge < -0.3 is 9.80 Å². The van der Waals surface area contributed by atoms with E-state index >= 15 is 0 Å². The van der Waals surface area contributed by atoms with Crippen LogP contribution in [0.1, 0.15) is 38.2 Å². The molecule has 2 heterocycles. The van der Waals surface area contributed by atoms with Gasteiger partial charge in [-0.1, -0.05) is 54.6 Å². The van der Waals surface area contributed by atoms with E-state index < -0.39 is 0 Å². The lowest BCUT2D eigenvalue weighted by molar-refractivity contribution is -0.134. The summed E-state index contributed by atoms with van der Waals surface area (Å²) < 4.78 is 0. The summed E-state index contributed by atoms with van der Waals surface area (Å²) in [6, 6.07) is 22.5. The molecule has 31 heavy (non-hydrogen) atoms. The molecule has 4 nitrogen and oxygen atoms in total. The van der Waals surface area contributed by atoms with Crippen molar-refractivity contribution >= 4 is 16.8 Å². The number of hydrogen-bond donors (Lipinski definition) is 0. The van der Waals surface area contributed by atoms with Gasteiger partial charge in [0.15, 0.2) is 0 Å². The van der Waals surface area contributed by atoms with Gasteiger partial charge in [-0.2, -0.15) is 0 Å². The first kappa shape index (κ1) is 21.5. The first-order valence-corrected chi connectivity index (χ1v) is 11.4. The first-order valence-electron chi connectivity index (χ1n) is 11.4. The van der Waals surface area contributed by atoms with Crippen LogP contribution in [0.25, 0.3) is 10.9 Å². The molecule has 2 fully saturated rings. The van der Waals surface area contributed by atoms with E-state index in [0.29, 0.717) is 0 Å². The number of amides is 1. The van der Waals surface area contributed by atoms with Gasteiger partial charge >= 0.3 is 0 Å². The zero-order valence-electron chi connectivity index (χ0n) is 18.7. The standard InChI is InChI=1S/C21H27N3O.C6H6/c1-16(15-24-11-5-6-12-24)23(2)20(25)21(9-10-21)18-13-17-7-3-4-8-19(17)22-14-18;1-2-4-6-5-3-1/h3-4,7-8,13-14,16H,5-6,9-12,15H2,1-2H3;1-6H/t16-;/m0./s1. The predicted octanol–water partition coefficient (Wildman–Crippen LogP) is 4.90. The Kier molecular flexibility index (Phi) is 6.67. The van der Waals surface area contributed by atoms with Crippen molar-refractivity contribution in [2.45, 2.75) is 44.1 Å². The quantitative estimate of drug-likeness (QED) is 0.595. The highest BCUT2D eigenvalue weighted by molar-refractivity contribution is 5.92. The van der Waals surface area contributed by atoms with Gasteiger partial charge in [0.25, 0.3) is 0 Å². The molecular weight excluding hydrogens is 382 g/mol. The van der Waals surface area contributed by atoms with Crippen LogP contribution in [0.2, 0.25) is 0 Å². The van der Waals surface area contributed by atoms with E-state index in [-0.39, 0.29) is 17.4 Å². The fraction of sp³-hybridized carbons (Fsp3) is 0.407. The number of fused-ring (bicyclic) bond motifs is 1. The molecule has 1 saturated carbocycles. The second-order valence-corrected chi connectivity index (χ2v) is 8.93. The molecule has 0 unspecified atom stereocenters. The number of rotatable bonds is 5. The van der Waals surface area contributed by atoms with Crippen molar-refractivity contribution in [3.05, 3.63) is 78.5 Å². The van der Waals surface area contributed by atoms with E-state index in [0.717, 1.165) is 35.9 Å². The van der Waals surface area contributed by atoms with Crippen LogP contribution >= 0.6 is 0 Å². The molecule has 0 N–H and O–H groups in total. The average molecular weight is 416 g/mol. The number of benzene rings is 2. The summed E-state index contributed by atoms with van der Waals surface area (Å²) in [5.74, 6) is 0.260. The van der Waals surface area contributed by atoms with Crippen LogP contribution in [0.3, 0.4) is 0 Å². The summed E-state index contributed by atoms with van der Waals surface area (Å²) in [6.07, 6.45) is 6.36. The minimum Gasteiger partial charge on any atom is -0.341 e. The van der Waals surface area contributed by atoms with Crippen molar-refractivity contribution in [2.75, 3.05) is 26.7 Å². The fourth-order valence-corrected chi connectivity index (χ4v) is 4.47. The Bertz CT molecular complexity index is 967. The van der Waals surface area contributed by atoms with E-state index in [9.17, 15) is 4.79 Å². The molecule has 0 bridgehead atoms. The Morgan fingerprint density at radius 3 is 2.26 bits per heavy atom. The van der Waals surface area contributed by atoms with Crippen LogP contribution in [-0.2, 0) is 10.2 Å². The molecule has 1 aliphatic heterocycles. The van der Waals surface area contributed by atoms with Crippen LogP contribution < -0.4 is 0 Å². The van der Waals surface area contributed by atoms with Crippen molar-refractivity contribution in [3.8, 4) is 0 Å². The molecule has 162 valence electrons. The molecule has 3 aromatic rings. The maximum Gasteiger partial charge on any atom is 0.233 e. The molecule has 1 aromatic heterocycles. The second-order valence-electron chi connectivity index (χ2n) is 8.93. The van der Waals surface area contributed by atoms with Gasteiger partial charge in [-0.3, -0.25) is 9.78 Å². The van der Waals surface area contributed by atoms with E-state index in [4.69, 9.17) is 0 Å². The average Bonchev–Trinajstić information content (AvgIpc) is 3.49. The van der Waals surface area contributed by atoms with Crippen molar-refractivity contribution < 1.29 is 4.79 Å². The van der Waals surface area contributed by atoms with Gasteiger partial charge in [0.2, 0.25) is 5.91 Å². The van der Waals surface area contributed by atoms with Crippen LogP contribution in [0, 0.1) is 0 Å². The highest BCUT2D eigenvalue weighted by atomic mass is 16.2. The van der Waals surface area contributed by atoms with Crippen molar-refractivity contribution in [1.82, 2.24) is 14.8 Å². The molecule has 1 saturated heterocycles. The zero-order valence-corrected chi connectivity index (χ0v) is 18.7. The van der Waals surface area contributed by atoms with Gasteiger partial charge in [-0.05, 0) is 63.4 Å². The summed E-state index contributed by atoms with van der Waals surface area (Å²) in [7, 11) is 1.97. The zero-order chi connectivity index (χ0) is 21.7. The van der Waals surface area contributed by atoms with E-state index in [1.165, 1.54) is 25.9 Å². The number of para-hydroxylation sites is 1. The third kappa shape index (κ3) is 4.96. The van der Waals surface area contributed by atoms with E-state index in [2.05, 4.69) is 28.9 Å². The highest BCUT2D eigenvalue weighted by Gasteiger charge is 2.53. The highest BCUT2D eigenvalue weighted by Crippen LogP contribution is 2.50. The van der Waals surface area contributed by atoms with Crippen LogP contribution in [0.4, 0.5) is 0 Å². The Hall–Kier alpha value is -2.72. The van der Waals surface area contributed by atoms with Crippen LogP contribution in [0.5, 0.6) is 0 Å². The predicted molar refractivity (Wildman–Crippen MR) is 127 cm³/mol. The van der Waals surface area contributed by atoms with Crippen LogP contribution in [0.15, 0.2) is 72.9 Å². The van der Waals surface area contributed by atoms with Crippen molar-refractivity contribution in [3.63, 3.8) is 0 Å². The Morgan fingerprint density at radius 1 is 1.03 bits per heavy atom. The van der Waals surface area contributed by atoms with Crippen molar-refractivity contribution in [2.24, 2.45) is 0 Å². The maximum absolute atomic E-state index is 13.3. The maximum atomic E-state index is 13.3. The molecule has 1 aliphatic carbocycles. The minimum atomic E-state index is -0.342. The topological polar surface area (TPSA) is 36.4 Å². The van der Waals surface area contributed by atoms with Gasteiger partial charge in [0.1, 0.15) is 0 Å². The number of pyridine rings is 1. The third-order valence-corrected chi connectivity index (χ3v) is 6.67. The number of nitrogens with zero attached hydrogens (tertiary/aromatic N) is 3. The van der Waals surface area contributed by atoms with Gasteiger partial charge in [-0.25, -0.2) is 0 Å². The summed E-state index contributed by atoms with van der Waals surface area (Å²) in [4.78, 5) is 22.3. The number of hydrogen-bond acceptors (Lipinski definition) is 3. The summed E-state index contributed by atoms with van der Waals surface area (Å²) in [5, 5.41) is 1.12. The third-order valence-electron chi connectivity index (χ3n) is 6.67. The van der Waals surface area contributed by atoms with E-state index in [1.807, 2.05) is 72.7 Å². The largest absolute Gasteiger partial charge is 0.341 e. The lowest BCUT2D eigenvalue weighted by Crippen LogP contribution is -2.46. The minimum absolute atomic E-state index is 0.247. The molecule has 4 heteroatoms. The molecular formula is C27H33N3O. The first-order chi connectivity index (χ1) is 15.1. The SMILES string of the molecule is C[C@@H](CN1CCCC1)N(C)C(=O)C1(c2cnc3ccccc3c2)CC1.c1ccccc1. The summed E-state index contributed by atoms with van der Waals surface area (Å²) in [5.41, 5.74) is 1.73. The number of likely N-dealkylation sites (N-methyl/N-ethyl adjacent to an activating group) is 1. The molecule has 0 radical (unpaired) electrons. The molecule has 1 amide bonds. The number of carbonyl (C=O) groups excluding carboxylic acids is 1. The molecule has 2 aromatic carbocycles. The normalized spacial score (nSPS) is 18.1. The smallest absolute Gasteiger partial charge is 0.233 e. The Balaban J connectivity index is 0.000000334. The molecule has 0 spiro atoms. The van der Waals surface area contributed by atoms with Crippen LogP contribution in [-0.4, -0.2) is 53.4 Å². The molecule has 5 rings (SSSR count). The lowest BCUT2D eigenvalue weighted by Gasteiger charge is -2.32. The fourth-order valence-electron chi connectivity index (χ4n) is 4.47. The Labute approximate surface area is 185 Å². The van der Waals surface area contributed by atoms with Gasteiger partial charge in [-0.15, -0.1) is 0 Å².